The fourth-order valence-electron chi connectivity index (χ4n) is 2.62. The lowest BCUT2D eigenvalue weighted by Crippen LogP contribution is -2.35. The van der Waals surface area contributed by atoms with Gasteiger partial charge in [0.15, 0.2) is 5.60 Å². The normalized spacial score (nSPS) is 22.5. The average molecular weight is 258 g/mol. The maximum Gasteiger partial charge on any atom is 0.202 e. The van der Waals surface area contributed by atoms with Crippen molar-refractivity contribution in [2.75, 3.05) is 0 Å². The summed E-state index contributed by atoms with van der Waals surface area (Å²) in [5, 5.41) is 0. The van der Waals surface area contributed by atoms with E-state index in [9.17, 15) is 4.79 Å². The molecular formula is C17H22O2. The molecule has 1 aromatic carbocycles. The van der Waals surface area contributed by atoms with E-state index in [0.29, 0.717) is 12.3 Å². The smallest absolute Gasteiger partial charge is 0.202 e. The van der Waals surface area contributed by atoms with Gasteiger partial charge in [0.1, 0.15) is 5.76 Å². The summed E-state index contributed by atoms with van der Waals surface area (Å²) in [4.78, 5) is 12.2. The third kappa shape index (κ3) is 2.89. The summed E-state index contributed by atoms with van der Waals surface area (Å²) in [5.74, 6) is 1.33. The SMILES string of the molecule is CCC(CC)C1=CC(=O)C(C)(Cc2ccccc2)O1. The lowest BCUT2D eigenvalue weighted by molar-refractivity contribution is -0.128. The molecular weight excluding hydrogens is 236 g/mol. The molecule has 19 heavy (non-hydrogen) atoms. The molecule has 0 amide bonds. The first-order valence-electron chi connectivity index (χ1n) is 7.08. The van der Waals surface area contributed by atoms with Gasteiger partial charge in [-0.05, 0) is 25.3 Å². The topological polar surface area (TPSA) is 26.3 Å². The second-order valence-corrected chi connectivity index (χ2v) is 5.42. The zero-order valence-electron chi connectivity index (χ0n) is 12.0. The molecule has 2 rings (SSSR count). The zero-order valence-corrected chi connectivity index (χ0v) is 12.0. The number of benzene rings is 1. The highest BCUT2D eigenvalue weighted by Crippen LogP contribution is 2.34. The largest absolute Gasteiger partial charge is 0.483 e. The minimum Gasteiger partial charge on any atom is -0.483 e. The van der Waals surface area contributed by atoms with E-state index < -0.39 is 5.60 Å². The Balaban J connectivity index is 2.13. The van der Waals surface area contributed by atoms with E-state index in [1.807, 2.05) is 37.3 Å². The van der Waals surface area contributed by atoms with Gasteiger partial charge in [0.05, 0.1) is 0 Å². The minimum absolute atomic E-state index is 0.0956. The first kappa shape index (κ1) is 13.9. The van der Waals surface area contributed by atoms with Gasteiger partial charge in [-0.3, -0.25) is 4.79 Å². The molecule has 0 aliphatic carbocycles. The summed E-state index contributed by atoms with van der Waals surface area (Å²) in [6, 6.07) is 10.0. The first-order valence-corrected chi connectivity index (χ1v) is 7.08. The van der Waals surface area contributed by atoms with Gasteiger partial charge in [-0.15, -0.1) is 0 Å². The second-order valence-electron chi connectivity index (χ2n) is 5.42. The Morgan fingerprint density at radius 2 is 1.79 bits per heavy atom. The highest BCUT2D eigenvalue weighted by Gasteiger charge is 2.41. The van der Waals surface area contributed by atoms with E-state index in [-0.39, 0.29) is 5.78 Å². The van der Waals surface area contributed by atoms with Crippen LogP contribution in [0, 0.1) is 5.92 Å². The summed E-state index contributed by atoms with van der Waals surface area (Å²) in [5.41, 5.74) is 0.414. The van der Waals surface area contributed by atoms with Crippen LogP contribution in [0.2, 0.25) is 0 Å². The fourth-order valence-corrected chi connectivity index (χ4v) is 2.62. The van der Waals surface area contributed by atoms with Crippen LogP contribution in [-0.4, -0.2) is 11.4 Å². The molecule has 1 aliphatic heterocycles. The van der Waals surface area contributed by atoms with E-state index >= 15 is 0 Å². The van der Waals surface area contributed by atoms with Crippen molar-refractivity contribution in [2.24, 2.45) is 5.92 Å². The van der Waals surface area contributed by atoms with Crippen molar-refractivity contribution in [3.63, 3.8) is 0 Å². The van der Waals surface area contributed by atoms with Gasteiger partial charge in [-0.2, -0.15) is 0 Å². The third-order valence-corrected chi connectivity index (χ3v) is 3.91. The first-order chi connectivity index (χ1) is 9.09. The Hall–Kier alpha value is -1.57. The Morgan fingerprint density at radius 1 is 1.16 bits per heavy atom. The number of carbonyl (C=O) groups is 1. The molecule has 0 bridgehead atoms. The van der Waals surface area contributed by atoms with Crippen LogP contribution < -0.4 is 0 Å². The Morgan fingerprint density at radius 3 is 2.37 bits per heavy atom. The summed E-state index contributed by atoms with van der Waals surface area (Å²) in [7, 11) is 0. The molecule has 0 fully saturated rings. The number of hydrogen-bond acceptors (Lipinski definition) is 2. The van der Waals surface area contributed by atoms with E-state index in [4.69, 9.17) is 4.74 Å². The molecule has 102 valence electrons. The Kier molecular flexibility index (Phi) is 4.08. The highest BCUT2D eigenvalue weighted by atomic mass is 16.5. The number of ether oxygens (including phenoxy) is 1. The van der Waals surface area contributed by atoms with Gasteiger partial charge in [0, 0.05) is 18.4 Å². The monoisotopic (exact) mass is 258 g/mol. The van der Waals surface area contributed by atoms with Gasteiger partial charge >= 0.3 is 0 Å². The molecule has 1 heterocycles. The van der Waals surface area contributed by atoms with E-state index in [1.54, 1.807) is 6.08 Å². The lowest BCUT2D eigenvalue weighted by atomic mass is 9.93. The van der Waals surface area contributed by atoms with E-state index in [2.05, 4.69) is 13.8 Å². The molecule has 1 unspecified atom stereocenters. The van der Waals surface area contributed by atoms with Crippen molar-refractivity contribution in [3.8, 4) is 0 Å². The van der Waals surface area contributed by atoms with Crippen LogP contribution in [0.15, 0.2) is 42.2 Å². The molecule has 2 nitrogen and oxygen atoms in total. The fraction of sp³-hybridized carbons (Fsp3) is 0.471. The Bertz CT molecular complexity index is 471. The predicted octanol–water partition coefficient (Wildman–Crippen LogP) is 3.91. The number of rotatable bonds is 5. The molecule has 1 atom stereocenters. The number of hydrogen-bond donors (Lipinski definition) is 0. The van der Waals surface area contributed by atoms with Gasteiger partial charge in [-0.1, -0.05) is 44.2 Å². The summed E-state index contributed by atoms with van der Waals surface area (Å²) >= 11 is 0. The van der Waals surface area contributed by atoms with Gasteiger partial charge < -0.3 is 4.74 Å². The molecule has 1 aliphatic rings. The van der Waals surface area contributed by atoms with Crippen molar-refractivity contribution in [1.29, 1.82) is 0 Å². The van der Waals surface area contributed by atoms with Gasteiger partial charge in [0.25, 0.3) is 0 Å². The summed E-state index contributed by atoms with van der Waals surface area (Å²) in [6.45, 7) is 6.17. The molecule has 0 aromatic heterocycles. The van der Waals surface area contributed by atoms with Crippen molar-refractivity contribution in [3.05, 3.63) is 47.7 Å². The number of carbonyl (C=O) groups excluding carboxylic acids is 1. The molecule has 0 saturated heterocycles. The predicted molar refractivity (Wildman–Crippen MR) is 76.8 cm³/mol. The average Bonchev–Trinajstić information content (AvgIpc) is 2.68. The zero-order chi connectivity index (χ0) is 13.9. The quantitative estimate of drug-likeness (QED) is 0.800. The van der Waals surface area contributed by atoms with Crippen molar-refractivity contribution in [1.82, 2.24) is 0 Å². The van der Waals surface area contributed by atoms with Crippen LogP contribution in [0.1, 0.15) is 39.2 Å². The standard InChI is InChI=1S/C17H22O2/c1-4-14(5-2)15-11-16(18)17(3,19-15)12-13-9-7-6-8-10-13/h6-11,14H,4-5,12H2,1-3H3. The van der Waals surface area contributed by atoms with Crippen LogP contribution >= 0.6 is 0 Å². The van der Waals surface area contributed by atoms with Crippen LogP contribution in [-0.2, 0) is 16.0 Å². The molecule has 0 saturated carbocycles. The van der Waals surface area contributed by atoms with E-state index in [0.717, 1.165) is 24.2 Å². The van der Waals surface area contributed by atoms with E-state index in [1.165, 1.54) is 0 Å². The minimum atomic E-state index is -0.723. The highest BCUT2D eigenvalue weighted by molar-refractivity contribution is 5.99. The molecule has 0 spiro atoms. The summed E-state index contributed by atoms with van der Waals surface area (Å²) in [6.07, 6.45) is 4.36. The van der Waals surface area contributed by atoms with Crippen molar-refractivity contribution in [2.45, 2.75) is 45.6 Å². The second kappa shape index (κ2) is 5.60. The molecule has 2 heteroatoms. The molecule has 1 aromatic rings. The van der Waals surface area contributed by atoms with Gasteiger partial charge in [0.2, 0.25) is 5.78 Å². The van der Waals surface area contributed by atoms with Crippen molar-refractivity contribution < 1.29 is 9.53 Å². The van der Waals surface area contributed by atoms with Crippen molar-refractivity contribution >= 4 is 5.78 Å². The number of allylic oxidation sites excluding steroid dienone is 1. The third-order valence-electron chi connectivity index (χ3n) is 3.91. The maximum absolute atomic E-state index is 12.2. The van der Waals surface area contributed by atoms with Crippen LogP contribution in [0.25, 0.3) is 0 Å². The van der Waals surface area contributed by atoms with Gasteiger partial charge in [-0.25, -0.2) is 0 Å². The summed E-state index contributed by atoms with van der Waals surface area (Å²) < 4.78 is 6.02. The number of ketones is 1. The lowest BCUT2D eigenvalue weighted by Gasteiger charge is -2.26. The van der Waals surface area contributed by atoms with Crippen LogP contribution in [0.5, 0.6) is 0 Å². The van der Waals surface area contributed by atoms with Crippen LogP contribution in [0.3, 0.4) is 0 Å². The molecule has 0 N–H and O–H groups in total. The Labute approximate surface area is 115 Å². The molecule has 0 radical (unpaired) electrons. The maximum atomic E-state index is 12.2. The van der Waals surface area contributed by atoms with Crippen LogP contribution in [0.4, 0.5) is 0 Å².